The number of amides is 2. The number of hydrogen-bond donors (Lipinski definition) is 2. The van der Waals surface area contributed by atoms with Gasteiger partial charge >= 0.3 is 0 Å². The van der Waals surface area contributed by atoms with Crippen molar-refractivity contribution in [2.75, 3.05) is 5.32 Å². The summed E-state index contributed by atoms with van der Waals surface area (Å²) in [6.45, 7) is 0.439. The molecule has 0 aliphatic rings. The maximum absolute atomic E-state index is 14.1. The van der Waals surface area contributed by atoms with Gasteiger partial charge in [-0.3, -0.25) is 9.59 Å². The molecule has 5 rings (SSSR count). The first-order valence-electron chi connectivity index (χ1n) is 13.7. The van der Waals surface area contributed by atoms with E-state index >= 15 is 0 Å². The van der Waals surface area contributed by atoms with E-state index in [0.717, 1.165) is 10.5 Å². The smallest absolute Gasteiger partial charge is 0.272 e. The van der Waals surface area contributed by atoms with E-state index in [-0.39, 0.29) is 11.5 Å². The first-order valence-corrected chi connectivity index (χ1v) is 14.6. The van der Waals surface area contributed by atoms with Crippen molar-refractivity contribution in [3.8, 4) is 5.75 Å². The van der Waals surface area contributed by atoms with E-state index in [9.17, 15) is 14.0 Å². The molecule has 43 heavy (non-hydrogen) atoms. The second kappa shape index (κ2) is 14.7. The van der Waals surface area contributed by atoms with Gasteiger partial charge in [-0.05, 0) is 71.3 Å². The number of ether oxygens (including phenoxy) is 1. The van der Waals surface area contributed by atoms with E-state index in [4.69, 9.17) is 4.74 Å². The molecule has 5 aromatic carbocycles. The Morgan fingerprint density at radius 1 is 0.767 bits per heavy atom. The molecule has 0 bridgehead atoms. The number of carbonyl (C=O) groups excluding carboxylic acids is 2. The van der Waals surface area contributed by atoms with Crippen molar-refractivity contribution in [1.82, 2.24) is 5.32 Å². The Morgan fingerprint density at radius 3 is 2.21 bits per heavy atom. The molecule has 214 valence electrons. The third-order valence-corrected chi connectivity index (χ3v) is 7.45. The first kappa shape index (κ1) is 29.4. The molecular formula is C36H29FN2O3S. The van der Waals surface area contributed by atoms with E-state index in [0.29, 0.717) is 40.5 Å². The molecule has 5 aromatic rings. The van der Waals surface area contributed by atoms with E-state index in [1.165, 1.54) is 17.8 Å². The lowest BCUT2D eigenvalue weighted by Gasteiger charge is -2.13. The third kappa shape index (κ3) is 8.67. The van der Waals surface area contributed by atoms with Gasteiger partial charge in [0.25, 0.3) is 11.8 Å². The van der Waals surface area contributed by atoms with Crippen LogP contribution in [0.25, 0.3) is 6.08 Å². The van der Waals surface area contributed by atoms with Crippen LogP contribution in [0.3, 0.4) is 0 Å². The molecule has 0 atom stereocenters. The normalized spacial score (nSPS) is 11.0. The molecule has 0 aliphatic carbocycles. The standard InChI is InChI=1S/C36H29FN2O3S/c37-33-17-8-7-14-29(33)25-43-32-16-9-15-30(23-32)38-36(41)34(39-35(40)28-12-5-2-6-13-28)22-26-18-20-31(21-19-26)42-24-27-10-3-1-4-11-27/h1-23H,24-25H2,(H,38,41)(H,39,40)/b34-22+. The van der Waals surface area contributed by atoms with Gasteiger partial charge in [0, 0.05) is 21.9 Å². The highest BCUT2D eigenvalue weighted by Gasteiger charge is 2.15. The zero-order valence-electron chi connectivity index (χ0n) is 23.2. The summed E-state index contributed by atoms with van der Waals surface area (Å²) in [5.41, 5.74) is 3.43. The summed E-state index contributed by atoms with van der Waals surface area (Å²) in [4.78, 5) is 27.3. The average molecular weight is 589 g/mol. The van der Waals surface area contributed by atoms with Crippen molar-refractivity contribution in [2.45, 2.75) is 17.3 Å². The Labute approximate surface area is 254 Å². The topological polar surface area (TPSA) is 67.4 Å². The molecule has 0 aliphatic heterocycles. The molecule has 0 saturated heterocycles. The quantitative estimate of drug-likeness (QED) is 0.121. The Bertz CT molecular complexity index is 1710. The van der Waals surface area contributed by atoms with Crippen LogP contribution in [0.4, 0.5) is 10.1 Å². The maximum atomic E-state index is 14.1. The van der Waals surface area contributed by atoms with E-state index in [1.807, 2.05) is 78.9 Å². The Kier molecular flexibility index (Phi) is 10.0. The summed E-state index contributed by atoms with van der Waals surface area (Å²) in [6, 6.07) is 39.8. The predicted molar refractivity (Wildman–Crippen MR) is 170 cm³/mol. The minimum absolute atomic E-state index is 0.0798. The summed E-state index contributed by atoms with van der Waals surface area (Å²) in [6.07, 6.45) is 1.62. The van der Waals surface area contributed by atoms with Gasteiger partial charge in [0.1, 0.15) is 23.9 Å². The monoisotopic (exact) mass is 588 g/mol. The minimum Gasteiger partial charge on any atom is -0.489 e. The predicted octanol–water partition coefficient (Wildman–Crippen LogP) is 8.11. The molecule has 7 heteroatoms. The number of benzene rings is 5. The third-order valence-electron chi connectivity index (χ3n) is 6.41. The Balaban J connectivity index is 1.31. The van der Waals surface area contributed by atoms with Gasteiger partial charge < -0.3 is 15.4 Å². The highest BCUT2D eigenvalue weighted by molar-refractivity contribution is 7.98. The molecule has 2 amide bonds. The molecule has 0 unspecified atom stereocenters. The van der Waals surface area contributed by atoms with Crippen LogP contribution >= 0.6 is 11.8 Å². The lowest BCUT2D eigenvalue weighted by molar-refractivity contribution is -0.113. The fraction of sp³-hybridized carbons (Fsp3) is 0.0556. The van der Waals surface area contributed by atoms with Crippen molar-refractivity contribution >= 4 is 35.3 Å². The maximum Gasteiger partial charge on any atom is 0.272 e. The number of thioether (sulfide) groups is 1. The Morgan fingerprint density at radius 2 is 1.47 bits per heavy atom. The van der Waals surface area contributed by atoms with Gasteiger partial charge in [-0.1, -0.05) is 84.9 Å². The van der Waals surface area contributed by atoms with Crippen molar-refractivity contribution in [3.63, 3.8) is 0 Å². The van der Waals surface area contributed by atoms with Crippen molar-refractivity contribution in [1.29, 1.82) is 0 Å². The van der Waals surface area contributed by atoms with Gasteiger partial charge in [-0.25, -0.2) is 4.39 Å². The second-order valence-corrected chi connectivity index (χ2v) is 10.6. The summed E-state index contributed by atoms with van der Waals surface area (Å²) in [5, 5.41) is 5.65. The van der Waals surface area contributed by atoms with Gasteiger partial charge in [-0.15, -0.1) is 11.8 Å². The molecule has 0 aromatic heterocycles. The van der Waals surface area contributed by atoms with Crippen molar-refractivity contribution in [2.24, 2.45) is 0 Å². The molecule has 0 radical (unpaired) electrons. The van der Waals surface area contributed by atoms with Crippen molar-refractivity contribution < 1.29 is 18.7 Å². The van der Waals surface area contributed by atoms with Crippen molar-refractivity contribution in [3.05, 3.63) is 167 Å². The van der Waals surface area contributed by atoms with Gasteiger partial charge in [0.15, 0.2) is 0 Å². The fourth-order valence-corrected chi connectivity index (χ4v) is 5.09. The molecule has 2 N–H and O–H groups in total. The van der Waals surface area contributed by atoms with Crippen LogP contribution in [0.15, 0.2) is 144 Å². The van der Waals surface area contributed by atoms with Gasteiger partial charge in [-0.2, -0.15) is 0 Å². The summed E-state index contributed by atoms with van der Waals surface area (Å²) in [7, 11) is 0. The molecule has 0 spiro atoms. The molecular weight excluding hydrogens is 559 g/mol. The SMILES string of the molecule is O=C(Nc1cccc(SCc2ccccc2F)c1)/C(=C\c1ccc(OCc2ccccc2)cc1)NC(=O)c1ccccc1. The van der Waals surface area contributed by atoms with Crippen LogP contribution in [0.5, 0.6) is 5.75 Å². The molecule has 0 fully saturated rings. The second-order valence-electron chi connectivity index (χ2n) is 9.58. The summed E-state index contributed by atoms with van der Waals surface area (Å²) >= 11 is 1.46. The molecule has 5 nitrogen and oxygen atoms in total. The molecule has 0 saturated carbocycles. The Hall–Kier alpha value is -5.14. The van der Waals surface area contributed by atoms with Crippen LogP contribution in [-0.4, -0.2) is 11.8 Å². The fourth-order valence-electron chi connectivity index (χ4n) is 4.15. The van der Waals surface area contributed by atoms with Gasteiger partial charge in [0.05, 0.1) is 0 Å². The van der Waals surface area contributed by atoms with Crippen LogP contribution in [0, 0.1) is 5.82 Å². The number of hydrogen-bond acceptors (Lipinski definition) is 4. The van der Waals surface area contributed by atoms with E-state index in [2.05, 4.69) is 10.6 Å². The van der Waals surface area contributed by atoms with E-state index in [1.54, 1.807) is 54.6 Å². The van der Waals surface area contributed by atoms with E-state index < -0.39 is 11.8 Å². The highest BCUT2D eigenvalue weighted by Crippen LogP contribution is 2.26. The van der Waals surface area contributed by atoms with Gasteiger partial charge in [0.2, 0.25) is 0 Å². The number of nitrogens with one attached hydrogen (secondary N) is 2. The van der Waals surface area contributed by atoms with Crippen LogP contribution in [-0.2, 0) is 17.2 Å². The number of rotatable bonds is 11. The largest absolute Gasteiger partial charge is 0.489 e. The van der Waals surface area contributed by atoms with Crippen LogP contribution in [0.2, 0.25) is 0 Å². The summed E-state index contributed by atoms with van der Waals surface area (Å²) < 4.78 is 19.9. The average Bonchev–Trinajstić information content (AvgIpc) is 3.05. The highest BCUT2D eigenvalue weighted by atomic mass is 32.2. The summed E-state index contributed by atoms with van der Waals surface area (Å²) in [5.74, 6) is 0.00102. The number of carbonyl (C=O) groups is 2. The first-order chi connectivity index (χ1) is 21.0. The zero-order chi connectivity index (χ0) is 29.9. The number of halogens is 1. The lowest BCUT2D eigenvalue weighted by atomic mass is 10.1. The molecule has 0 heterocycles. The zero-order valence-corrected chi connectivity index (χ0v) is 24.0. The van der Waals surface area contributed by atoms with Crippen LogP contribution in [0.1, 0.15) is 27.0 Å². The number of anilines is 1. The van der Waals surface area contributed by atoms with Crippen LogP contribution < -0.4 is 15.4 Å². The minimum atomic E-state index is -0.482. The lowest BCUT2D eigenvalue weighted by Crippen LogP contribution is -2.30.